The molecule has 0 amide bonds. The Kier molecular flexibility index (Phi) is 8.72. The van der Waals surface area contributed by atoms with Crippen molar-refractivity contribution in [3.8, 4) is 0 Å². The molecule has 0 saturated heterocycles. The quantitative estimate of drug-likeness (QED) is 0.387. The van der Waals surface area contributed by atoms with Gasteiger partial charge >= 0.3 is 0 Å². The number of aliphatic hydroxyl groups is 1. The summed E-state index contributed by atoms with van der Waals surface area (Å²) in [4.78, 5) is 4.67. The van der Waals surface area contributed by atoms with E-state index in [-0.39, 0.29) is 17.9 Å². The first-order valence-corrected chi connectivity index (χ1v) is 11.7. The molecule has 1 aromatic rings. The summed E-state index contributed by atoms with van der Waals surface area (Å²) in [6, 6.07) is 7.68. The second-order valence-corrected chi connectivity index (χ2v) is 9.40. The lowest BCUT2D eigenvalue weighted by molar-refractivity contribution is 0.120. The monoisotopic (exact) mass is 410 g/mol. The van der Waals surface area contributed by atoms with E-state index >= 15 is 0 Å². The van der Waals surface area contributed by atoms with Crippen molar-refractivity contribution in [1.29, 1.82) is 0 Å². The standard InChI is InChI=1S/C20H34N4O3S/c1-4-21-20(23-18-9-11-19(25)12-10-18)22-13-16-7-5-6-8-17(16)14-28(26,27)24-15(2)3/h5-8,15,18-19,24-25H,4,9-14H2,1-3H3,(H2,21,22,23). The van der Waals surface area contributed by atoms with Crippen LogP contribution in [0.15, 0.2) is 29.3 Å². The van der Waals surface area contributed by atoms with E-state index in [1.165, 1.54) is 0 Å². The molecule has 1 aromatic carbocycles. The van der Waals surface area contributed by atoms with Crippen LogP contribution in [0, 0.1) is 0 Å². The predicted octanol–water partition coefficient (Wildman–Crippen LogP) is 1.87. The lowest BCUT2D eigenvalue weighted by Gasteiger charge is -2.27. The smallest absolute Gasteiger partial charge is 0.216 e. The van der Waals surface area contributed by atoms with E-state index in [0.717, 1.165) is 49.3 Å². The highest BCUT2D eigenvalue weighted by Gasteiger charge is 2.20. The second kappa shape index (κ2) is 10.8. The summed E-state index contributed by atoms with van der Waals surface area (Å²) in [5.74, 6) is 0.670. The predicted molar refractivity (Wildman–Crippen MR) is 114 cm³/mol. The molecule has 1 aliphatic carbocycles. The Morgan fingerprint density at radius 1 is 1.18 bits per heavy atom. The number of rotatable bonds is 8. The Morgan fingerprint density at radius 3 is 2.43 bits per heavy atom. The van der Waals surface area contributed by atoms with Crippen molar-refractivity contribution >= 4 is 16.0 Å². The van der Waals surface area contributed by atoms with Crippen LogP contribution in [0.1, 0.15) is 57.6 Å². The maximum atomic E-state index is 12.3. The molecule has 2 rings (SSSR count). The number of guanidine groups is 1. The van der Waals surface area contributed by atoms with Gasteiger partial charge in [-0.3, -0.25) is 0 Å². The zero-order valence-electron chi connectivity index (χ0n) is 17.1. The Labute approximate surface area is 169 Å². The van der Waals surface area contributed by atoms with Crippen LogP contribution in [0.25, 0.3) is 0 Å². The van der Waals surface area contributed by atoms with E-state index in [2.05, 4.69) is 20.3 Å². The topological polar surface area (TPSA) is 103 Å². The number of nitrogens with zero attached hydrogens (tertiary/aromatic N) is 1. The largest absolute Gasteiger partial charge is 0.393 e. The van der Waals surface area contributed by atoms with E-state index in [1.54, 1.807) is 0 Å². The molecule has 1 saturated carbocycles. The molecule has 7 nitrogen and oxygen atoms in total. The van der Waals surface area contributed by atoms with Crippen LogP contribution in [-0.4, -0.2) is 44.2 Å². The zero-order valence-corrected chi connectivity index (χ0v) is 17.9. The van der Waals surface area contributed by atoms with Crippen molar-refractivity contribution in [2.75, 3.05) is 6.54 Å². The minimum absolute atomic E-state index is 0.0542. The van der Waals surface area contributed by atoms with Crippen LogP contribution in [0.5, 0.6) is 0 Å². The minimum Gasteiger partial charge on any atom is -0.393 e. The van der Waals surface area contributed by atoms with Crippen molar-refractivity contribution in [3.05, 3.63) is 35.4 Å². The van der Waals surface area contributed by atoms with Gasteiger partial charge in [0, 0.05) is 18.6 Å². The van der Waals surface area contributed by atoms with Crippen molar-refractivity contribution in [2.45, 2.75) is 76.9 Å². The fourth-order valence-electron chi connectivity index (χ4n) is 3.36. The van der Waals surface area contributed by atoms with Crippen LogP contribution in [0.3, 0.4) is 0 Å². The fraction of sp³-hybridized carbons (Fsp3) is 0.650. The molecule has 0 aliphatic heterocycles. The first-order valence-electron chi connectivity index (χ1n) is 10.1. The zero-order chi connectivity index (χ0) is 20.6. The fourth-order valence-corrected chi connectivity index (χ4v) is 4.85. The molecular formula is C20H34N4O3S. The Hall–Kier alpha value is -1.64. The molecule has 0 spiro atoms. The van der Waals surface area contributed by atoms with Gasteiger partial charge in [-0.1, -0.05) is 24.3 Å². The highest BCUT2D eigenvalue weighted by molar-refractivity contribution is 7.88. The maximum Gasteiger partial charge on any atom is 0.216 e. The molecule has 158 valence electrons. The van der Waals surface area contributed by atoms with Gasteiger partial charge < -0.3 is 15.7 Å². The van der Waals surface area contributed by atoms with Crippen LogP contribution in [-0.2, 0) is 22.3 Å². The van der Waals surface area contributed by atoms with Crippen molar-refractivity contribution in [1.82, 2.24) is 15.4 Å². The van der Waals surface area contributed by atoms with Crippen LogP contribution < -0.4 is 15.4 Å². The van der Waals surface area contributed by atoms with Crippen LogP contribution in [0.4, 0.5) is 0 Å². The summed E-state index contributed by atoms with van der Waals surface area (Å²) in [7, 11) is -3.39. The Morgan fingerprint density at radius 2 is 1.82 bits per heavy atom. The number of aliphatic imine (C=N–C) groups is 1. The summed E-state index contributed by atoms with van der Waals surface area (Å²) in [5.41, 5.74) is 1.66. The molecule has 1 aliphatic rings. The van der Waals surface area contributed by atoms with Gasteiger partial charge in [0.15, 0.2) is 5.96 Å². The van der Waals surface area contributed by atoms with Gasteiger partial charge in [0.2, 0.25) is 10.0 Å². The number of nitrogens with one attached hydrogen (secondary N) is 3. The maximum absolute atomic E-state index is 12.3. The molecule has 28 heavy (non-hydrogen) atoms. The van der Waals surface area contributed by atoms with Gasteiger partial charge in [-0.15, -0.1) is 0 Å². The summed E-state index contributed by atoms with van der Waals surface area (Å²) in [5, 5.41) is 16.4. The summed E-state index contributed by atoms with van der Waals surface area (Å²) < 4.78 is 27.2. The van der Waals surface area contributed by atoms with E-state index in [1.807, 2.05) is 45.0 Å². The number of hydrogen-bond acceptors (Lipinski definition) is 4. The SMILES string of the molecule is CCNC(=NCc1ccccc1CS(=O)(=O)NC(C)C)NC1CCC(O)CC1. The van der Waals surface area contributed by atoms with E-state index in [9.17, 15) is 13.5 Å². The lowest BCUT2D eigenvalue weighted by atomic mass is 9.93. The second-order valence-electron chi connectivity index (χ2n) is 7.65. The van der Waals surface area contributed by atoms with Gasteiger partial charge in [-0.2, -0.15) is 0 Å². The van der Waals surface area contributed by atoms with Crippen molar-refractivity contribution < 1.29 is 13.5 Å². The number of sulfonamides is 1. The van der Waals surface area contributed by atoms with Gasteiger partial charge in [0.1, 0.15) is 0 Å². The molecular weight excluding hydrogens is 376 g/mol. The van der Waals surface area contributed by atoms with Crippen molar-refractivity contribution in [3.63, 3.8) is 0 Å². The van der Waals surface area contributed by atoms with Gasteiger partial charge in [0.25, 0.3) is 0 Å². The molecule has 0 heterocycles. The number of benzene rings is 1. The van der Waals surface area contributed by atoms with E-state index in [4.69, 9.17) is 0 Å². The van der Waals surface area contributed by atoms with Gasteiger partial charge in [-0.25, -0.2) is 18.1 Å². The highest BCUT2D eigenvalue weighted by atomic mass is 32.2. The average molecular weight is 411 g/mol. The lowest BCUT2D eigenvalue weighted by Crippen LogP contribution is -2.45. The molecule has 0 atom stereocenters. The number of aliphatic hydroxyl groups excluding tert-OH is 1. The third-order valence-electron chi connectivity index (χ3n) is 4.67. The Bertz CT molecular complexity index is 742. The van der Waals surface area contributed by atoms with Crippen LogP contribution in [0.2, 0.25) is 0 Å². The molecule has 0 unspecified atom stereocenters. The highest BCUT2D eigenvalue weighted by Crippen LogP contribution is 2.18. The molecule has 8 heteroatoms. The summed E-state index contributed by atoms with van der Waals surface area (Å²) in [6.45, 7) is 6.78. The van der Waals surface area contributed by atoms with Gasteiger partial charge in [0.05, 0.1) is 18.4 Å². The van der Waals surface area contributed by atoms with E-state index in [0.29, 0.717) is 12.6 Å². The number of hydrogen-bond donors (Lipinski definition) is 4. The molecule has 0 radical (unpaired) electrons. The first kappa shape index (κ1) is 22.6. The first-order chi connectivity index (χ1) is 13.3. The normalized spacial score (nSPS) is 21.0. The van der Waals surface area contributed by atoms with Crippen molar-refractivity contribution in [2.24, 2.45) is 4.99 Å². The molecule has 1 fully saturated rings. The third kappa shape index (κ3) is 7.77. The minimum atomic E-state index is -3.39. The summed E-state index contributed by atoms with van der Waals surface area (Å²) >= 11 is 0. The third-order valence-corrected chi connectivity index (χ3v) is 6.19. The molecule has 0 aromatic heterocycles. The Balaban J connectivity index is 2.07. The van der Waals surface area contributed by atoms with Gasteiger partial charge in [-0.05, 0) is 57.6 Å². The molecule has 4 N–H and O–H groups in total. The van der Waals surface area contributed by atoms with Crippen LogP contribution >= 0.6 is 0 Å². The van der Waals surface area contributed by atoms with E-state index < -0.39 is 10.0 Å². The molecule has 0 bridgehead atoms. The summed E-state index contributed by atoms with van der Waals surface area (Å²) in [6.07, 6.45) is 3.26. The average Bonchev–Trinajstić information content (AvgIpc) is 2.61.